The SMILES string of the molecule is C=[N+](C)C([O-])=NC=C(c1ccccc1)c1ccccc1. The van der Waals surface area contributed by atoms with E-state index in [4.69, 9.17) is 0 Å². The molecule has 0 unspecified atom stereocenters. The van der Waals surface area contributed by atoms with Gasteiger partial charge in [-0.25, -0.2) is 0 Å². The number of rotatable bonds is 3. The fourth-order valence-corrected chi connectivity index (χ4v) is 1.77. The summed E-state index contributed by atoms with van der Waals surface area (Å²) in [5, 5.41) is 11.6. The molecule has 3 heteroatoms. The van der Waals surface area contributed by atoms with Crippen LogP contribution in [-0.4, -0.2) is 24.4 Å². The lowest BCUT2D eigenvalue weighted by Gasteiger charge is -2.06. The molecule has 0 N–H and O–H groups in total. The van der Waals surface area contributed by atoms with Crippen LogP contribution >= 0.6 is 0 Å². The van der Waals surface area contributed by atoms with Crippen molar-refractivity contribution in [3.05, 3.63) is 78.0 Å². The van der Waals surface area contributed by atoms with Crippen molar-refractivity contribution in [1.82, 2.24) is 0 Å². The Morgan fingerprint density at radius 3 is 1.85 bits per heavy atom. The standard InChI is InChI=1S/C17H16N2O/c1-19(2)17(20)18-13-16(14-9-5-3-6-10-14)15-11-7-4-8-12-15/h3-13H,1H2,2H3. The van der Waals surface area contributed by atoms with Crippen LogP contribution in [0.5, 0.6) is 0 Å². The quantitative estimate of drug-likeness (QED) is 0.475. The van der Waals surface area contributed by atoms with Gasteiger partial charge in [0.05, 0.1) is 13.8 Å². The van der Waals surface area contributed by atoms with Gasteiger partial charge in [-0.3, -0.25) is 4.58 Å². The summed E-state index contributed by atoms with van der Waals surface area (Å²) in [5.41, 5.74) is 2.94. The third-order valence-corrected chi connectivity index (χ3v) is 2.80. The van der Waals surface area contributed by atoms with Crippen molar-refractivity contribution in [3.8, 4) is 0 Å². The van der Waals surface area contributed by atoms with Crippen molar-refractivity contribution in [2.45, 2.75) is 0 Å². The monoisotopic (exact) mass is 264 g/mol. The lowest BCUT2D eigenvalue weighted by molar-refractivity contribution is -0.462. The van der Waals surface area contributed by atoms with Crippen molar-refractivity contribution in [2.24, 2.45) is 4.99 Å². The van der Waals surface area contributed by atoms with Crippen LogP contribution in [0.15, 0.2) is 71.9 Å². The third kappa shape index (κ3) is 3.42. The summed E-state index contributed by atoms with van der Waals surface area (Å²) in [6, 6.07) is 19.3. The predicted octanol–water partition coefficient (Wildman–Crippen LogP) is 2.13. The molecule has 0 amide bonds. The highest BCUT2D eigenvalue weighted by Gasteiger charge is 2.06. The maximum Gasteiger partial charge on any atom is 0.269 e. The number of aliphatic imine (C=N–C) groups is 1. The minimum atomic E-state index is -0.380. The van der Waals surface area contributed by atoms with Gasteiger partial charge in [-0.2, -0.15) is 0 Å². The highest BCUT2D eigenvalue weighted by Crippen LogP contribution is 2.22. The molecule has 2 aromatic carbocycles. The zero-order valence-electron chi connectivity index (χ0n) is 11.4. The molecule has 100 valence electrons. The Morgan fingerprint density at radius 2 is 1.45 bits per heavy atom. The summed E-state index contributed by atoms with van der Waals surface area (Å²) in [7, 11) is 1.57. The summed E-state index contributed by atoms with van der Waals surface area (Å²) in [4.78, 5) is 3.94. The molecule has 0 saturated heterocycles. The highest BCUT2D eigenvalue weighted by molar-refractivity contribution is 5.80. The number of amidine groups is 1. The first-order chi connectivity index (χ1) is 9.68. The zero-order valence-corrected chi connectivity index (χ0v) is 11.4. The molecular formula is C17H16N2O. The lowest BCUT2D eigenvalue weighted by atomic mass is 9.99. The molecule has 0 atom stereocenters. The second-order valence-corrected chi connectivity index (χ2v) is 4.38. The first-order valence-corrected chi connectivity index (χ1v) is 6.28. The van der Waals surface area contributed by atoms with Crippen LogP contribution in [0.25, 0.3) is 5.57 Å². The Morgan fingerprint density at radius 1 is 1.00 bits per heavy atom. The number of hydrogen-bond acceptors (Lipinski definition) is 2. The van der Waals surface area contributed by atoms with E-state index in [0.717, 1.165) is 16.7 Å². The van der Waals surface area contributed by atoms with Gasteiger partial charge in [-0.05, 0) is 11.1 Å². The maximum absolute atomic E-state index is 11.6. The van der Waals surface area contributed by atoms with Crippen LogP contribution in [0.2, 0.25) is 0 Å². The fraction of sp³-hybridized carbons (Fsp3) is 0.0588. The topological polar surface area (TPSA) is 38.4 Å². The van der Waals surface area contributed by atoms with Crippen molar-refractivity contribution in [2.75, 3.05) is 7.05 Å². The van der Waals surface area contributed by atoms with E-state index in [9.17, 15) is 5.11 Å². The molecule has 0 aliphatic carbocycles. The molecular weight excluding hydrogens is 248 g/mol. The first kappa shape index (κ1) is 13.7. The van der Waals surface area contributed by atoms with Gasteiger partial charge in [0.2, 0.25) is 0 Å². The molecule has 3 nitrogen and oxygen atoms in total. The average Bonchev–Trinajstić information content (AvgIpc) is 2.49. The fourth-order valence-electron chi connectivity index (χ4n) is 1.77. The Hall–Kier alpha value is -2.68. The molecule has 0 fully saturated rings. The van der Waals surface area contributed by atoms with Gasteiger partial charge in [0.15, 0.2) is 0 Å². The molecule has 20 heavy (non-hydrogen) atoms. The highest BCUT2D eigenvalue weighted by atomic mass is 16.3. The zero-order chi connectivity index (χ0) is 14.4. The van der Waals surface area contributed by atoms with E-state index in [0.29, 0.717) is 0 Å². The summed E-state index contributed by atoms with van der Waals surface area (Å²) >= 11 is 0. The van der Waals surface area contributed by atoms with Crippen LogP contribution in [0.3, 0.4) is 0 Å². The summed E-state index contributed by atoms with van der Waals surface area (Å²) in [5.74, 6) is 0. The van der Waals surface area contributed by atoms with E-state index in [1.807, 2.05) is 60.7 Å². The number of nitrogens with zero attached hydrogens (tertiary/aromatic N) is 2. The Balaban J connectivity index is 2.49. The van der Waals surface area contributed by atoms with E-state index in [1.165, 1.54) is 4.58 Å². The van der Waals surface area contributed by atoms with E-state index in [-0.39, 0.29) is 6.02 Å². The van der Waals surface area contributed by atoms with Gasteiger partial charge in [0.25, 0.3) is 6.02 Å². The number of benzene rings is 2. The largest absolute Gasteiger partial charge is 0.807 e. The lowest BCUT2D eigenvalue weighted by Crippen LogP contribution is -2.28. The van der Waals surface area contributed by atoms with Gasteiger partial charge in [-0.1, -0.05) is 65.7 Å². The Labute approximate surface area is 118 Å². The molecule has 0 aromatic heterocycles. The smallest absolute Gasteiger partial charge is 0.269 e. The summed E-state index contributed by atoms with van der Waals surface area (Å²) < 4.78 is 1.20. The van der Waals surface area contributed by atoms with Gasteiger partial charge in [-0.15, -0.1) is 0 Å². The van der Waals surface area contributed by atoms with E-state index in [1.54, 1.807) is 13.2 Å². The summed E-state index contributed by atoms with van der Waals surface area (Å²) in [6.07, 6.45) is 1.59. The molecule has 2 rings (SSSR count). The first-order valence-electron chi connectivity index (χ1n) is 6.28. The van der Waals surface area contributed by atoms with Gasteiger partial charge in [0, 0.05) is 5.57 Å². The van der Waals surface area contributed by atoms with Crippen molar-refractivity contribution >= 4 is 18.3 Å². The van der Waals surface area contributed by atoms with Crippen LogP contribution < -0.4 is 5.11 Å². The molecule has 0 bridgehead atoms. The Kier molecular flexibility index (Phi) is 4.45. The molecule has 0 aliphatic heterocycles. The van der Waals surface area contributed by atoms with Gasteiger partial charge >= 0.3 is 0 Å². The average molecular weight is 264 g/mol. The maximum atomic E-state index is 11.6. The number of hydrogen-bond donors (Lipinski definition) is 0. The minimum absolute atomic E-state index is 0.380. The summed E-state index contributed by atoms with van der Waals surface area (Å²) in [6.45, 7) is 3.52. The molecule has 2 aromatic rings. The van der Waals surface area contributed by atoms with Crippen molar-refractivity contribution in [3.63, 3.8) is 0 Å². The van der Waals surface area contributed by atoms with Gasteiger partial charge in [0.1, 0.15) is 6.20 Å². The minimum Gasteiger partial charge on any atom is -0.807 e. The normalized spacial score (nSPS) is 10.9. The van der Waals surface area contributed by atoms with Crippen LogP contribution in [-0.2, 0) is 0 Å². The Bertz CT molecular complexity index is 602. The van der Waals surface area contributed by atoms with Crippen molar-refractivity contribution < 1.29 is 9.68 Å². The molecule has 0 aliphatic rings. The van der Waals surface area contributed by atoms with Crippen LogP contribution in [0, 0.1) is 0 Å². The third-order valence-electron chi connectivity index (χ3n) is 2.80. The molecule has 0 spiro atoms. The van der Waals surface area contributed by atoms with E-state index < -0.39 is 0 Å². The predicted molar refractivity (Wildman–Crippen MR) is 80.7 cm³/mol. The van der Waals surface area contributed by atoms with E-state index >= 15 is 0 Å². The second kappa shape index (κ2) is 6.48. The molecule has 0 heterocycles. The molecule has 0 radical (unpaired) electrons. The van der Waals surface area contributed by atoms with Crippen LogP contribution in [0.4, 0.5) is 0 Å². The van der Waals surface area contributed by atoms with Gasteiger partial charge < -0.3 is 5.11 Å². The van der Waals surface area contributed by atoms with Crippen LogP contribution in [0.1, 0.15) is 11.1 Å². The molecule has 0 saturated carbocycles. The van der Waals surface area contributed by atoms with E-state index in [2.05, 4.69) is 11.7 Å². The second-order valence-electron chi connectivity index (χ2n) is 4.38. The van der Waals surface area contributed by atoms with Crippen molar-refractivity contribution in [1.29, 1.82) is 0 Å².